The molecule has 1 atom stereocenters. The molecule has 1 unspecified atom stereocenters. The number of esters is 1. The number of fused-ring (bicyclic) bond motifs is 1. The average Bonchev–Trinajstić information content (AvgIpc) is 3.21. The lowest BCUT2D eigenvalue weighted by Gasteiger charge is -2.24. The molecule has 2 aromatic carbocycles. The minimum atomic E-state index is -0.682. The second kappa shape index (κ2) is 11.7. The van der Waals surface area contributed by atoms with Crippen LogP contribution in [0.2, 0.25) is 0 Å². The van der Waals surface area contributed by atoms with Gasteiger partial charge in [0, 0.05) is 0 Å². The van der Waals surface area contributed by atoms with Crippen LogP contribution < -0.4 is 29.1 Å². The van der Waals surface area contributed by atoms with Crippen LogP contribution in [0.3, 0.4) is 0 Å². The predicted molar refractivity (Wildman–Crippen MR) is 147 cm³/mol. The van der Waals surface area contributed by atoms with Crippen molar-refractivity contribution in [2.75, 3.05) is 27.9 Å². The molecule has 1 aliphatic rings. The van der Waals surface area contributed by atoms with E-state index >= 15 is 0 Å². The summed E-state index contributed by atoms with van der Waals surface area (Å²) in [5.41, 5.74) is 2.11. The number of benzene rings is 2. The van der Waals surface area contributed by atoms with Gasteiger partial charge in [-0.25, -0.2) is 9.79 Å². The highest BCUT2D eigenvalue weighted by atomic mass is 32.1. The van der Waals surface area contributed by atoms with Gasteiger partial charge in [0.25, 0.3) is 5.56 Å². The van der Waals surface area contributed by atoms with E-state index in [0.29, 0.717) is 50.4 Å². The Labute approximate surface area is 225 Å². The van der Waals surface area contributed by atoms with Crippen LogP contribution in [0.25, 0.3) is 6.08 Å². The maximum absolute atomic E-state index is 13.7. The Morgan fingerprint density at radius 3 is 2.45 bits per heavy atom. The molecule has 1 aliphatic heterocycles. The number of aromatic nitrogens is 1. The Kier molecular flexibility index (Phi) is 8.36. The van der Waals surface area contributed by atoms with E-state index in [1.807, 2.05) is 30.3 Å². The third-order valence-corrected chi connectivity index (χ3v) is 7.28. The molecule has 0 saturated heterocycles. The van der Waals surface area contributed by atoms with Crippen LogP contribution in [0, 0.1) is 5.92 Å². The number of carbonyl (C=O) groups is 1. The summed E-state index contributed by atoms with van der Waals surface area (Å²) in [6.07, 6.45) is 2.74. The Hall–Kier alpha value is -3.85. The molecule has 0 amide bonds. The first kappa shape index (κ1) is 27.2. The zero-order chi connectivity index (χ0) is 27.4. The standard InChI is InChI=1S/C29H32N2O6S/c1-17(2)13-14-37-22-12-7-19(15-23(22)35-5)16-24-27(32)31-26(20-8-10-21(34-4)11-9-20)25(28(33)36-6)18(3)30-29(31)38-24/h7-12,15-17,26H,13-14H2,1-6H3. The number of hydrogen-bond acceptors (Lipinski definition) is 8. The van der Waals surface area contributed by atoms with Crippen LogP contribution in [-0.4, -0.2) is 38.5 Å². The molecule has 4 rings (SSSR count). The highest BCUT2D eigenvalue weighted by Crippen LogP contribution is 2.32. The molecule has 0 bridgehead atoms. The fourth-order valence-electron chi connectivity index (χ4n) is 4.24. The quantitative estimate of drug-likeness (QED) is 0.386. The molecule has 0 saturated carbocycles. The van der Waals surface area contributed by atoms with E-state index in [2.05, 4.69) is 18.8 Å². The lowest BCUT2D eigenvalue weighted by atomic mass is 9.96. The fraction of sp³-hybridized carbons (Fsp3) is 0.345. The molecule has 0 aliphatic carbocycles. The van der Waals surface area contributed by atoms with Gasteiger partial charge < -0.3 is 18.9 Å². The molecule has 1 aromatic heterocycles. The number of hydrogen-bond donors (Lipinski definition) is 0. The topological polar surface area (TPSA) is 88.4 Å². The number of nitrogens with zero attached hydrogens (tertiary/aromatic N) is 2. The van der Waals surface area contributed by atoms with Gasteiger partial charge in [0.15, 0.2) is 16.3 Å². The highest BCUT2D eigenvalue weighted by molar-refractivity contribution is 7.07. The number of ether oxygens (including phenoxy) is 4. The first-order chi connectivity index (χ1) is 18.3. The van der Waals surface area contributed by atoms with Crippen LogP contribution in [0.5, 0.6) is 17.2 Å². The molecule has 0 spiro atoms. The second-order valence-corrected chi connectivity index (χ2v) is 10.3. The van der Waals surface area contributed by atoms with E-state index in [4.69, 9.17) is 18.9 Å². The SMILES string of the molecule is COC(=O)C1=C(C)N=c2sc(=Cc3ccc(OCCC(C)C)c(OC)c3)c(=O)n2C1c1ccc(OC)cc1. The number of carbonyl (C=O) groups excluding carboxylic acids is 1. The van der Waals surface area contributed by atoms with Crippen LogP contribution >= 0.6 is 11.3 Å². The molecule has 0 N–H and O–H groups in total. The third kappa shape index (κ3) is 5.52. The molecule has 0 fully saturated rings. The van der Waals surface area contributed by atoms with Gasteiger partial charge >= 0.3 is 5.97 Å². The molecular formula is C29H32N2O6S. The minimum absolute atomic E-state index is 0.250. The van der Waals surface area contributed by atoms with E-state index in [1.54, 1.807) is 43.9 Å². The van der Waals surface area contributed by atoms with Gasteiger partial charge in [-0.3, -0.25) is 9.36 Å². The number of rotatable bonds is 9. The summed E-state index contributed by atoms with van der Waals surface area (Å²) in [7, 11) is 4.50. The lowest BCUT2D eigenvalue weighted by Crippen LogP contribution is -2.39. The van der Waals surface area contributed by atoms with Crippen molar-refractivity contribution in [3.63, 3.8) is 0 Å². The molecular weight excluding hydrogens is 504 g/mol. The van der Waals surface area contributed by atoms with Crippen molar-refractivity contribution >= 4 is 23.4 Å². The molecule has 9 heteroatoms. The van der Waals surface area contributed by atoms with Gasteiger partial charge in [-0.1, -0.05) is 43.4 Å². The van der Waals surface area contributed by atoms with Crippen LogP contribution in [0.4, 0.5) is 0 Å². The van der Waals surface area contributed by atoms with Crippen LogP contribution in [-0.2, 0) is 9.53 Å². The van der Waals surface area contributed by atoms with E-state index < -0.39 is 12.0 Å². The van der Waals surface area contributed by atoms with Crippen molar-refractivity contribution in [3.8, 4) is 17.2 Å². The Bertz CT molecular complexity index is 1530. The zero-order valence-corrected chi connectivity index (χ0v) is 23.3. The van der Waals surface area contributed by atoms with Gasteiger partial charge in [-0.2, -0.15) is 0 Å². The summed E-state index contributed by atoms with van der Waals surface area (Å²) in [5.74, 6) is 1.93. The van der Waals surface area contributed by atoms with Crippen molar-refractivity contribution in [1.29, 1.82) is 0 Å². The van der Waals surface area contributed by atoms with Gasteiger partial charge in [0.05, 0.1) is 49.8 Å². The van der Waals surface area contributed by atoms with Crippen molar-refractivity contribution in [3.05, 3.63) is 84.5 Å². The Morgan fingerprint density at radius 1 is 1.08 bits per heavy atom. The zero-order valence-electron chi connectivity index (χ0n) is 22.4. The van der Waals surface area contributed by atoms with Crippen LogP contribution in [0.15, 0.2) is 63.5 Å². The monoisotopic (exact) mass is 536 g/mol. The number of thiazole rings is 1. The Morgan fingerprint density at radius 2 is 1.82 bits per heavy atom. The molecule has 0 radical (unpaired) electrons. The predicted octanol–water partition coefficient (Wildman–Crippen LogP) is 3.85. The van der Waals surface area contributed by atoms with E-state index in [0.717, 1.165) is 17.5 Å². The van der Waals surface area contributed by atoms with E-state index in [-0.39, 0.29) is 5.56 Å². The minimum Gasteiger partial charge on any atom is -0.497 e. The van der Waals surface area contributed by atoms with E-state index in [9.17, 15) is 9.59 Å². The van der Waals surface area contributed by atoms with Gasteiger partial charge in [-0.05, 0) is 60.7 Å². The first-order valence-electron chi connectivity index (χ1n) is 12.3. The summed E-state index contributed by atoms with van der Waals surface area (Å²) in [6.45, 7) is 6.64. The summed E-state index contributed by atoms with van der Waals surface area (Å²) in [6, 6.07) is 12.2. The largest absolute Gasteiger partial charge is 0.497 e. The summed E-state index contributed by atoms with van der Waals surface area (Å²) < 4.78 is 23.8. The number of methoxy groups -OCH3 is 3. The first-order valence-corrected chi connectivity index (χ1v) is 13.1. The normalized spacial score (nSPS) is 15.2. The molecule has 38 heavy (non-hydrogen) atoms. The summed E-state index contributed by atoms with van der Waals surface area (Å²) in [4.78, 5) is 31.7. The maximum atomic E-state index is 13.7. The number of allylic oxidation sites excluding steroid dienone is 1. The smallest absolute Gasteiger partial charge is 0.338 e. The van der Waals surface area contributed by atoms with Gasteiger partial charge in [-0.15, -0.1) is 0 Å². The van der Waals surface area contributed by atoms with E-state index in [1.165, 1.54) is 18.4 Å². The maximum Gasteiger partial charge on any atom is 0.338 e. The summed E-state index contributed by atoms with van der Waals surface area (Å²) in [5, 5.41) is 0. The molecule has 200 valence electrons. The summed E-state index contributed by atoms with van der Waals surface area (Å²) >= 11 is 1.27. The lowest BCUT2D eigenvalue weighted by molar-refractivity contribution is -0.136. The van der Waals surface area contributed by atoms with Crippen LogP contribution in [0.1, 0.15) is 44.4 Å². The van der Waals surface area contributed by atoms with Gasteiger partial charge in [0.2, 0.25) is 0 Å². The van der Waals surface area contributed by atoms with Crippen molar-refractivity contribution < 1.29 is 23.7 Å². The van der Waals surface area contributed by atoms with Gasteiger partial charge in [0.1, 0.15) is 5.75 Å². The van der Waals surface area contributed by atoms with Crippen molar-refractivity contribution in [1.82, 2.24) is 4.57 Å². The molecule has 2 heterocycles. The highest BCUT2D eigenvalue weighted by Gasteiger charge is 2.33. The molecule has 8 nitrogen and oxygen atoms in total. The van der Waals surface area contributed by atoms with Crippen molar-refractivity contribution in [2.24, 2.45) is 10.9 Å². The second-order valence-electron chi connectivity index (χ2n) is 9.29. The Balaban J connectivity index is 1.80. The van der Waals surface area contributed by atoms with Crippen molar-refractivity contribution in [2.45, 2.75) is 33.2 Å². The fourth-order valence-corrected chi connectivity index (χ4v) is 5.29. The average molecular weight is 537 g/mol. The third-order valence-electron chi connectivity index (χ3n) is 6.30. The molecule has 3 aromatic rings.